The van der Waals surface area contributed by atoms with Crippen molar-refractivity contribution in [3.63, 3.8) is 0 Å². The number of aromatic nitrogens is 3. The Labute approximate surface area is 115 Å². The van der Waals surface area contributed by atoms with E-state index in [0.29, 0.717) is 19.8 Å². The largest absolute Gasteiger partial charge is 0.375 e. The Balaban J connectivity index is 1.84. The van der Waals surface area contributed by atoms with Crippen molar-refractivity contribution in [1.82, 2.24) is 19.9 Å². The summed E-state index contributed by atoms with van der Waals surface area (Å²) in [6, 6.07) is 3.78. The molecule has 1 aliphatic rings. The predicted molar refractivity (Wildman–Crippen MR) is 71.1 cm³/mol. The number of carbonyl (C=O) groups is 1. The van der Waals surface area contributed by atoms with E-state index in [1.165, 1.54) is 7.11 Å². The van der Waals surface area contributed by atoms with Gasteiger partial charge in [-0.05, 0) is 12.1 Å². The Morgan fingerprint density at radius 1 is 1.65 bits per heavy atom. The van der Waals surface area contributed by atoms with E-state index < -0.39 is 0 Å². The number of hydrogen-bond donors (Lipinski definition) is 1. The van der Waals surface area contributed by atoms with Gasteiger partial charge < -0.3 is 19.4 Å². The molecule has 0 aromatic carbocycles. The van der Waals surface area contributed by atoms with Gasteiger partial charge in [-0.1, -0.05) is 0 Å². The van der Waals surface area contributed by atoms with E-state index in [-0.39, 0.29) is 18.6 Å². The van der Waals surface area contributed by atoms with Gasteiger partial charge >= 0.3 is 0 Å². The van der Waals surface area contributed by atoms with Crippen LogP contribution in [0.4, 0.5) is 0 Å². The zero-order valence-corrected chi connectivity index (χ0v) is 11.2. The molecule has 0 unspecified atom stereocenters. The standard InChI is InChI=1S/C13H16N4O3/c1-19-8-12(18)15-5-9-6-20-7-11-16-10-3-2-4-14-13(10)17(9)11/h2-4,9H,5-8H2,1H3,(H,15,18)/t9-/m0/s1. The van der Waals surface area contributed by atoms with E-state index >= 15 is 0 Å². The van der Waals surface area contributed by atoms with Crippen molar-refractivity contribution >= 4 is 17.1 Å². The van der Waals surface area contributed by atoms with E-state index in [0.717, 1.165) is 17.0 Å². The van der Waals surface area contributed by atoms with Gasteiger partial charge in [-0.25, -0.2) is 9.97 Å². The molecule has 7 nitrogen and oxygen atoms in total. The molecule has 2 aromatic rings. The van der Waals surface area contributed by atoms with Crippen LogP contribution in [-0.4, -0.2) is 47.3 Å². The molecule has 106 valence electrons. The van der Waals surface area contributed by atoms with Gasteiger partial charge in [0, 0.05) is 19.9 Å². The Bertz CT molecular complexity index is 625. The monoisotopic (exact) mass is 276 g/mol. The second kappa shape index (κ2) is 5.56. The highest BCUT2D eigenvalue weighted by atomic mass is 16.5. The highest BCUT2D eigenvalue weighted by molar-refractivity contribution is 5.77. The smallest absolute Gasteiger partial charge is 0.246 e. The lowest BCUT2D eigenvalue weighted by atomic mass is 10.2. The van der Waals surface area contributed by atoms with Crippen LogP contribution in [0.2, 0.25) is 0 Å². The fourth-order valence-corrected chi connectivity index (χ4v) is 2.39. The molecular formula is C13H16N4O3. The van der Waals surface area contributed by atoms with Crippen LogP contribution >= 0.6 is 0 Å². The first kappa shape index (κ1) is 13.0. The fourth-order valence-electron chi connectivity index (χ4n) is 2.39. The van der Waals surface area contributed by atoms with Crippen LogP contribution in [0.5, 0.6) is 0 Å². The third-order valence-electron chi connectivity index (χ3n) is 3.24. The number of imidazole rings is 1. The first-order chi connectivity index (χ1) is 9.79. The maximum Gasteiger partial charge on any atom is 0.246 e. The first-order valence-electron chi connectivity index (χ1n) is 6.45. The number of amides is 1. The molecule has 7 heteroatoms. The van der Waals surface area contributed by atoms with Crippen LogP contribution in [0.1, 0.15) is 11.9 Å². The minimum atomic E-state index is -0.142. The summed E-state index contributed by atoms with van der Waals surface area (Å²) in [5, 5.41) is 2.83. The summed E-state index contributed by atoms with van der Waals surface area (Å²) < 4.78 is 12.4. The number of carbonyl (C=O) groups excluding carboxylic acids is 1. The number of hydrogen-bond acceptors (Lipinski definition) is 5. The molecule has 0 bridgehead atoms. The lowest BCUT2D eigenvalue weighted by Crippen LogP contribution is -2.37. The molecule has 1 amide bonds. The summed E-state index contributed by atoms with van der Waals surface area (Å²) >= 11 is 0. The van der Waals surface area contributed by atoms with E-state index in [4.69, 9.17) is 9.47 Å². The Morgan fingerprint density at radius 2 is 2.55 bits per heavy atom. The number of pyridine rings is 1. The Kier molecular flexibility index (Phi) is 3.62. The number of methoxy groups -OCH3 is 1. The molecule has 1 aliphatic heterocycles. The van der Waals surface area contributed by atoms with Crippen molar-refractivity contribution in [3.8, 4) is 0 Å². The third kappa shape index (κ3) is 2.37. The molecule has 0 aliphatic carbocycles. The minimum Gasteiger partial charge on any atom is -0.375 e. The van der Waals surface area contributed by atoms with Gasteiger partial charge in [0.2, 0.25) is 5.91 Å². The average Bonchev–Trinajstić information content (AvgIpc) is 2.84. The van der Waals surface area contributed by atoms with E-state index in [2.05, 4.69) is 15.3 Å². The molecule has 3 heterocycles. The second-order valence-electron chi connectivity index (χ2n) is 4.65. The van der Waals surface area contributed by atoms with Gasteiger partial charge in [-0.15, -0.1) is 0 Å². The van der Waals surface area contributed by atoms with Crippen LogP contribution in [-0.2, 0) is 20.9 Å². The summed E-state index contributed by atoms with van der Waals surface area (Å²) in [5.41, 5.74) is 1.68. The molecule has 1 N–H and O–H groups in total. The van der Waals surface area contributed by atoms with Crippen molar-refractivity contribution in [3.05, 3.63) is 24.2 Å². The average molecular weight is 276 g/mol. The van der Waals surface area contributed by atoms with Crippen LogP contribution in [0, 0.1) is 0 Å². The highest BCUT2D eigenvalue weighted by Crippen LogP contribution is 2.23. The third-order valence-corrected chi connectivity index (χ3v) is 3.24. The summed E-state index contributed by atoms with van der Waals surface area (Å²) in [6.45, 7) is 1.53. The van der Waals surface area contributed by atoms with Crippen LogP contribution < -0.4 is 5.32 Å². The number of nitrogens with one attached hydrogen (secondary N) is 1. The lowest BCUT2D eigenvalue weighted by molar-refractivity contribution is -0.125. The van der Waals surface area contributed by atoms with Crippen LogP contribution in [0.3, 0.4) is 0 Å². The van der Waals surface area contributed by atoms with E-state index in [1.54, 1.807) is 6.20 Å². The number of nitrogens with zero attached hydrogens (tertiary/aromatic N) is 3. The van der Waals surface area contributed by atoms with Crippen molar-refractivity contribution < 1.29 is 14.3 Å². The van der Waals surface area contributed by atoms with Gasteiger partial charge in [0.05, 0.1) is 12.6 Å². The molecule has 0 radical (unpaired) electrons. The molecule has 1 atom stereocenters. The zero-order chi connectivity index (χ0) is 13.9. The summed E-state index contributed by atoms with van der Waals surface area (Å²) in [6.07, 6.45) is 1.74. The maximum atomic E-state index is 11.5. The number of fused-ring (bicyclic) bond motifs is 3. The topological polar surface area (TPSA) is 78.3 Å². The molecule has 0 fully saturated rings. The lowest BCUT2D eigenvalue weighted by Gasteiger charge is -2.25. The molecule has 2 aromatic heterocycles. The van der Waals surface area contributed by atoms with Crippen LogP contribution in [0.25, 0.3) is 11.2 Å². The van der Waals surface area contributed by atoms with Gasteiger partial charge in [-0.3, -0.25) is 4.79 Å². The molecule has 20 heavy (non-hydrogen) atoms. The van der Waals surface area contributed by atoms with E-state index in [1.807, 2.05) is 16.7 Å². The number of ether oxygens (including phenoxy) is 2. The summed E-state index contributed by atoms with van der Waals surface area (Å²) in [7, 11) is 1.49. The van der Waals surface area contributed by atoms with Crippen LogP contribution in [0.15, 0.2) is 18.3 Å². The van der Waals surface area contributed by atoms with Gasteiger partial charge in [0.25, 0.3) is 0 Å². The second-order valence-corrected chi connectivity index (χ2v) is 4.65. The van der Waals surface area contributed by atoms with Crippen molar-refractivity contribution in [2.24, 2.45) is 0 Å². The van der Waals surface area contributed by atoms with Gasteiger partial charge in [0.1, 0.15) is 24.6 Å². The first-order valence-corrected chi connectivity index (χ1v) is 6.45. The van der Waals surface area contributed by atoms with Gasteiger partial charge in [-0.2, -0.15) is 0 Å². The van der Waals surface area contributed by atoms with Crippen molar-refractivity contribution in [1.29, 1.82) is 0 Å². The Morgan fingerprint density at radius 3 is 3.40 bits per heavy atom. The molecular weight excluding hydrogens is 260 g/mol. The highest BCUT2D eigenvalue weighted by Gasteiger charge is 2.24. The molecule has 0 saturated heterocycles. The minimum absolute atomic E-state index is 0.000504. The molecule has 0 spiro atoms. The Hall–Kier alpha value is -1.99. The maximum absolute atomic E-state index is 11.5. The van der Waals surface area contributed by atoms with E-state index in [9.17, 15) is 4.79 Å². The van der Waals surface area contributed by atoms with Gasteiger partial charge in [0.15, 0.2) is 5.65 Å². The predicted octanol–water partition coefficient (Wildman–Crippen LogP) is 0.265. The zero-order valence-electron chi connectivity index (χ0n) is 11.2. The fraction of sp³-hybridized carbons (Fsp3) is 0.462. The quantitative estimate of drug-likeness (QED) is 0.867. The summed E-state index contributed by atoms with van der Waals surface area (Å²) in [5.74, 6) is 0.702. The number of rotatable bonds is 4. The molecule has 3 rings (SSSR count). The summed E-state index contributed by atoms with van der Waals surface area (Å²) in [4.78, 5) is 20.4. The van der Waals surface area contributed by atoms with Crippen molar-refractivity contribution in [2.75, 3.05) is 26.9 Å². The normalized spacial score (nSPS) is 17.9. The van der Waals surface area contributed by atoms with Crippen molar-refractivity contribution in [2.45, 2.75) is 12.6 Å². The SMILES string of the molecule is COCC(=O)NC[C@H]1COCc2nc3cccnc3n21. The molecule has 0 saturated carbocycles.